The number of nitrogens with zero attached hydrogens (tertiary/aromatic N) is 3. The van der Waals surface area contributed by atoms with Gasteiger partial charge in [0.25, 0.3) is 5.91 Å². The zero-order valence-corrected chi connectivity index (χ0v) is 28.9. The van der Waals surface area contributed by atoms with E-state index in [2.05, 4.69) is 29.1 Å². The average Bonchev–Trinajstić information content (AvgIpc) is 3.70. The summed E-state index contributed by atoms with van der Waals surface area (Å²) in [6.07, 6.45) is 3.44. The van der Waals surface area contributed by atoms with Gasteiger partial charge in [-0.25, -0.2) is 0 Å². The Morgan fingerprint density at radius 2 is 1.67 bits per heavy atom. The summed E-state index contributed by atoms with van der Waals surface area (Å²) in [4.78, 5) is 48.9. The molecule has 3 heterocycles. The third kappa shape index (κ3) is 5.53. The smallest absolute Gasteiger partial charge is 0.253 e. The Morgan fingerprint density at radius 1 is 1.02 bits per heavy atom. The van der Waals surface area contributed by atoms with E-state index in [1.165, 1.54) is 4.90 Å². The first-order chi connectivity index (χ1) is 23.2. The van der Waals surface area contributed by atoms with Crippen molar-refractivity contribution in [1.82, 2.24) is 4.90 Å². The number of alkyl halides is 1. The van der Waals surface area contributed by atoms with Crippen LogP contribution in [0.5, 0.6) is 5.75 Å². The Morgan fingerprint density at radius 3 is 2.29 bits per heavy atom. The Balaban J connectivity index is 1.43. The van der Waals surface area contributed by atoms with Crippen LogP contribution in [0, 0.1) is 11.8 Å². The number of hydrogen-bond donors (Lipinski definition) is 1. The van der Waals surface area contributed by atoms with Gasteiger partial charge in [-0.3, -0.25) is 14.4 Å². The Bertz CT molecular complexity index is 1710. The summed E-state index contributed by atoms with van der Waals surface area (Å²) < 4.78 is 12.4. The number of rotatable bonds is 13. The Labute approximate surface area is 289 Å². The third-order valence-corrected chi connectivity index (χ3v) is 10.8. The van der Waals surface area contributed by atoms with E-state index in [4.69, 9.17) is 9.47 Å². The molecule has 1 N–H and O–H groups in total. The number of amides is 3. The molecule has 6 rings (SSSR count). The van der Waals surface area contributed by atoms with Gasteiger partial charge < -0.3 is 29.3 Å². The molecule has 48 heavy (non-hydrogen) atoms. The molecule has 252 valence electrons. The molecule has 1 spiro atoms. The SMILES string of the molecule is C=CCN(C(=O)C1N([C@@H](CC)CO)C(=O)[C@@H]2[C@@H](C(=O)N(CC=C)c3ccc(OCC)cc3)[C@@H]3OC12CC3Br)c1ccc2ccccc2c1. The van der Waals surface area contributed by atoms with Gasteiger partial charge in [0.1, 0.15) is 17.4 Å². The fourth-order valence-electron chi connectivity index (χ4n) is 7.90. The number of aliphatic hydroxyl groups is 1. The van der Waals surface area contributed by atoms with Crippen LogP contribution in [0.25, 0.3) is 10.8 Å². The maximum Gasteiger partial charge on any atom is 0.253 e. The Hall–Kier alpha value is -3.99. The van der Waals surface area contributed by atoms with E-state index in [0.717, 1.165) is 10.8 Å². The van der Waals surface area contributed by atoms with Crippen LogP contribution in [-0.2, 0) is 19.1 Å². The summed E-state index contributed by atoms with van der Waals surface area (Å²) in [6.45, 7) is 12.2. The van der Waals surface area contributed by atoms with Gasteiger partial charge in [0.05, 0.1) is 37.2 Å². The molecule has 3 amide bonds. The van der Waals surface area contributed by atoms with Gasteiger partial charge in [0, 0.05) is 29.3 Å². The van der Waals surface area contributed by atoms with Crippen LogP contribution in [0.1, 0.15) is 26.7 Å². The molecule has 9 nitrogen and oxygen atoms in total. The van der Waals surface area contributed by atoms with Crippen molar-refractivity contribution in [2.24, 2.45) is 11.8 Å². The van der Waals surface area contributed by atoms with Crippen molar-refractivity contribution in [1.29, 1.82) is 0 Å². The molecule has 10 heteroatoms. The molecule has 3 aliphatic rings. The van der Waals surface area contributed by atoms with Gasteiger partial charge in [-0.2, -0.15) is 0 Å². The largest absolute Gasteiger partial charge is 0.494 e. The lowest BCUT2D eigenvalue weighted by Crippen LogP contribution is -2.59. The van der Waals surface area contributed by atoms with Crippen molar-refractivity contribution in [3.8, 4) is 5.75 Å². The topological polar surface area (TPSA) is 99.6 Å². The summed E-state index contributed by atoms with van der Waals surface area (Å²) in [6, 6.07) is 19.2. The molecule has 3 aliphatic heterocycles. The Kier molecular flexibility index (Phi) is 9.79. The summed E-state index contributed by atoms with van der Waals surface area (Å²) >= 11 is 3.78. The standard InChI is InChI=1S/C38H42BrN3O6/c1-5-19-40(27-15-17-29(18-16-27)47-8-4)35(44)31-32-36(45)42(26(7-3)23-43)34(38(32)22-30(39)33(31)48-38)37(46)41(20-6-2)28-14-13-24-11-9-10-12-25(24)21-28/h5-6,9-18,21,26,30-34,43H,1-2,7-8,19-20,22-23H2,3-4H3/t26-,30?,31+,32-,33+,34?,38?/m0/s1. The molecule has 3 aromatic carbocycles. The second-order valence-corrected chi connectivity index (χ2v) is 13.8. The van der Waals surface area contributed by atoms with Crippen LogP contribution in [0.2, 0.25) is 0 Å². The molecule has 0 saturated carbocycles. The lowest BCUT2D eigenvalue weighted by molar-refractivity contribution is -0.144. The summed E-state index contributed by atoms with van der Waals surface area (Å²) in [7, 11) is 0. The van der Waals surface area contributed by atoms with Gasteiger partial charge >= 0.3 is 0 Å². The molecule has 3 unspecified atom stereocenters. The van der Waals surface area contributed by atoms with E-state index >= 15 is 4.79 Å². The average molecular weight is 717 g/mol. The number of ether oxygens (including phenoxy) is 2. The highest BCUT2D eigenvalue weighted by atomic mass is 79.9. The number of hydrogen-bond acceptors (Lipinski definition) is 6. The number of carbonyl (C=O) groups excluding carboxylic acids is 3. The molecule has 3 saturated heterocycles. The van der Waals surface area contributed by atoms with Gasteiger partial charge in [-0.05, 0) is 66.9 Å². The number of fused-ring (bicyclic) bond motifs is 2. The number of likely N-dealkylation sites (tertiary alicyclic amines) is 1. The fourth-order valence-corrected chi connectivity index (χ4v) is 8.84. The molecule has 0 radical (unpaired) electrons. The lowest BCUT2D eigenvalue weighted by atomic mass is 9.70. The van der Waals surface area contributed by atoms with E-state index in [9.17, 15) is 14.7 Å². The van der Waals surface area contributed by atoms with Crippen LogP contribution in [0.3, 0.4) is 0 Å². The normalized spacial score (nSPS) is 26.3. The van der Waals surface area contributed by atoms with E-state index in [1.54, 1.807) is 34.1 Å². The zero-order valence-electron chi connectivity index (χ0n) is 27.3. The van der Waals surface area contributed by atoms with Crippen molar-refractivity contribution < 1.29 is 29.0 Å². The molecule has 3 aromatic rings. The van der Waals surface area contributed by atoms with Crippen LogP contribution >= 0.6 is 15.9 Å². The molecule has 7 atom stereocenters. The second-order valence-electron chi connectivity index (χ2n) is 12.6. The first-order valence-electron chi connectivity index (χ1n) is 16.6. The van der Waals surface area contributed by atoms with Gasteiger partial charge in [-0.1, -0.05) is 65.3 Å². The maximum atomic E-state index is 15.0. The highest BCUT2D eigenvalue weighted by molar-refractivity contribution is 9.09. The third-order valence-electron chi connectivity index (χ3n) is 9.98. The van der Waals surface area contributed by atoms with Crippen molar-refractivity contribution >= 4 is 55.8 Å². The maximum absolute atomic E-state index is 15.0. The highest BCUT2D eigenvalue weighted by Crippen LogP contribution is 2.61. The fraction of sp³-hybridized carbons (Fsp3) is 0.395. The van der Waals surface area contributed by atoms with Crippen molar-refractivity contribution in [2.75, 3.05) is 36.1 Å². The molecular formula is C38H42BrN3O6. The highest BCUT2D eigenvalue weighted by Gasteiger charge is 2.77. The number of anilines is 2. The number of aliphatic hydroxyl groups excluding tert-OH is 1. The van der Waals surface area contributed by atoms with Crippen LogP contribution < -0.4 is 14.5 Å². The minimum atomic E-state index is -1.29. The number of benzene rings is 3. The van der Waals surface area contributed by atoms with Gasteiger partial charge in [0.2, 0.25) is 11.8 Å². The van der Waals surface area contributed by atoms with Crippen LogP contribution in [0.15, 0.2) is 92.0 Å². The zero-order chi connectivity index (χ0) is 34.2. The monoisotopic (exact) mass is 715 g/mol. The summed E-state index contributed by atoms with van der Waals surface area (Å²) in [5.41, 5.74) is 0.00722. The second kappa shape index (κ2) is 13.9. The van der Waals surface area contributed by atoms with Crippen LogP contribution in [0.4, 0.5) is 11.4 Å². The van der Waals surface area contributed by atoms with E-state index in [0.29, 0.717) is 36.6 Å². The molecular weight excluding hydrogens is 674 g/mol. The van der Waals surface area contributed by atoms with Gasteiger partial charge in [0.15, 0.2) is 0 Å². The van der Waals surface area contributed by atoms with Crippen LogP contribution in [-0.4, -0.2) is 82.6 Å². The van der Waals surface area contributed by atoms with Crippen molar-refractivity contribution in [3.63, 3.8) is 0 Å². The van der Waals surface area contributed by atoms with Crippen molar-refractivity contribution in [2.45, 2.75) is 55.3 Å². The molecule has 2 bridgehead atoms. The number of carbonyl (C=O) groups is 3. The predicted octanol–water partition coefficient (Wildman–Crippen LogP) is 5.50. The quantitative estimate of drug-likeness (QED) is 0.186. The lowest BCUT2D eigenvalue weighted by Gasteiger charge is -2.39. The van der Waals surface area contributed by atoms with E-state index < -0.39 is 35.6 Å². The minimum Gasteiger partial charge on any atom is -0.494 e. The molecule has 0 aliphatic carbocycles. The van der Waals surface area contributed by atoms with Crippen molar-refractivity contribution in [3.05, 3.63) is 92.0 Å². The van der Waals surface area contributed by atoms with E-state index in [-0.39, 0.29) is 42.2 Å². The minimum absolute atomic E-state index is 0.195. The first kappa shape index (κ1) is 33.9. The first-order valence-corrected chi connectivity index (χ1v) is 17.5. The number of halogens is 1. The summed E-state index contributed by atoms with van der Waals surface area (Å²) in [5, 5.41) is 12.5. The van der Waals surface area contributed by atoms with E-state index in [1.807, 2.05) is 68.4 Å². The molecule has 3 fully saturated rings. The predicted molar refractivity (Wildman–Crippen MR) is 190 cm³/mol. The molecule has 0 aromatic heterocycles. The summed E-state index contributed by atoms with van der Waals surface area (Å²) in [5.74, 6) is -2.07. The van der Waals surface area contributed by atoms with Gasteiger partial charge in [-0.15, -0.1) is 13.2 Å².